The number of ether oxygens (including phenoxy) is 1. The highest BCUT2D eigenvalue weighted by molar-refractivity contribution is 7.11. The highest BCUT2D eigenvalue weighted by Gasteiger charge is 2.54. The number of aryl methyl sites for hydroxylation is 2. The third kappa shape index (κ3) is 5.09. The van der Waals surface area contributed by atoms with Gasteiger partial charge in [0.15, 0.2) is 5.69 Å². The fourth-order valence-electron chi connectivity index (χ4n) is 4.09. The Morgan fingerprint density at radius 2 is 2.06 bits per heavy atom. The number of aromatic carboxylic acids is 1. The van der Waals surface area contributed by atoms with Gasteiger partial charge in [0.25, 0.3) is 0 Å². The summed E-state index contributed by atoms with van der Waals surface area (Å²) in [5, 5.41) is 9.93. The predicted molar refractivity (Wildman–Crippen MR) is 126 cm³/mol. The van der Waals surface area contributed by atoms with Crippen molar-refractivity contribution < 1.29 is 23.8 Å². The second-order valence-corrected chi connectivity index (χ2v) is 9.73. The summed E-state index contributed by atoms with van der Waals surface area (Å²) in [7, 11) is 1.57. The number of carbonyl (C=O) groups excluding carboxylic acids is 1. The minimum absolute atomic E-state index is 0.0186. The van der Waals surface area contributed by atoms with Gasteiger partial charge in [-0.2, -0.15) is 0 Å². The summed E-state index contributed by atoms with van der Waals surface area (Å²) in [6.07, 6.45) is 4.26. The molecule has 7 nitrogen and oxygen atoms in total. The number of aromatic nitrogens is 2. The zero-order chi connectivity index (χ0) is 24.3. The van der Waals surface area contributed by atoms with Gasteiger partial charge in [-0.25, -0.2) is 14.2 Å². The highest BCUT2D eigenvalue weighted by Crippen LogP contribution is 2.49. The predicted octanol–water partition coefficient (Wildman–Crippen LogP) is 4.39. The molecule has 9 heteroatoms. The van der Waals surface area contributed by atoms with Crippen LogP contribution in [0, 0.1) is 12.7 Å². The van der Waals surface area contributed by atoms with Crippen LogP contribution in [0.1, 0.15) is 50.9 Å². The van der Waals surface area contributed by atoms with E-state index in [2.05, 4.69) is 9.97 Å². The number of carboxylic acids is 1. The monoisotopic (exact) mass is 483 g/mol. The van der Waals surface area contributed by atoms with Crippen LogP contribution < -0.4 is 4.74 Å². The quantitative estimate of drug-likeness (QED) is 0.460. The number of halogens is 1. The lowest BCUT2D eigenvalue weighted by atomic mass is 9.99. The summed E-state index contributed by atoms with van der Waals surface area (Å²) in [6.45, 7) is 2.37. The molecule has 1 fully saturated rings. The van der Waals surface area contributed by atoms with E-state index in [-0.39, 0.29) is 24.0 Å². The molecular formula is C25H26FN3O4S. The standard InChI is InChI=1S/C25H26FN3O4S/c1-16-22(23(30)31)28-21(34-16)15-29(12-4-6-17-5-3-7-18(26)13-17)24(32)25(10-11-25)20-9-8-19(33-2)14-27-20/h3,5,7-9,13-14H,4,6,10-12,15H2,1-2H3,(H,30,31). The van der Waals surface area contributed by atoms with E-state index in [9.17, 15) is 19.1 Å². The maximum Gasteiger partial charge on any atom is 0.355 e. The Morgan fingerprint density at radius 1 is 1.26 bits per heavy atom. The molecule has 0 spiro atoms. The lowest BCUT2D eigenvalue weighted by molar-refractivity contribution is -0.134. The van der Waals surface area contributed by atoms with Gasteiger partial charge in [-0.15, -0.1) is 11.3 Å². The second kappa shape index (κ2) is 9.89. The number of hydrogen-bond acceptors (Lipinski definition) is 6. The van der Waals surface area contributed by atoms with Crippen LogP contribution in [-0.2, 0) is 23.2 Å². The van der Waals surface area contributed by atoms with E-state index in [0.717, 1.165) is 5.56 Å². The minimum Gasteiger partial charge on any atom is -0.495 e. The molecule has 2 heterocycles. The summed E-state index contributed by atoms with van der Waals surface area (Å²) in [5.74, 6) is -0.787. The number of pyridine rings is 1. The van der Waals surface area contributed by atoms with Gasteiger partial charge in [0.1, 0.15) is 16.6 Å². The summed E-state index contributed by atoms with van der Waals surface area (Å²) in [4.78, 5) is 36.3. The van der Waals surface area contributed by atoms with Crippen molar-refractivity contribution in [2.75, 3.05) is 13.7 Å². The van der Waals surface area contributed by atoms with Crippen molar-refractivity contribution in [1.29, 1.82) is 0 Å². The Hall–Kier alpha value is -3.33. The lowest BCUT2D eigenvalue weighted by Crippen LogP contribution is -2.40. The number of hydrogen-bond donors (Lipinski definition) is 1. The van der Waals surface area contributed by atoms with E-state index in [4.69, 9.17) is 4.74 Å². The summed E-state index contributed by atoms with van der Waals surface area (Å²) in [5.41, 5.74) is 0.899. The third-order valence-corrected chi connectivity index (χ3v) is 7.02. The van der Waals surface area contributed by atoms with Gasteiger partial charge in [0.2, 0.25) is 5.91 Å². The van der Waals surface area contributed by atoms with Gasteiger partial charge in [-0.1, -0.05) is 12.1 Å². The lowest BCUT2D eigenvalue weighted by Gasteiger charge is -2.27. The fourth-order valence-corrected chi connectivity index (χ4v) is 5.03. The molecular weight excluding hydrogens is 457 g/mol. The van der Waals surface area contributed by atoms with Crippen LogP contribution in [-0.4, -0.2) is 45.5 Å². The SMILES string of the molecule is COc1ccc(C2(C(=O)N(CCCc3cccc(F)c3)Cc3nc(C(=O)O)c(C)s3)CC2)nc1. The van der Waals surface area contributed by atoms with Crippen LogP contribution >= 0.6 is 11.3 Å². The zero-order valence-electron chi connectivity index (χ0n) is 19.1. The number of methoxy groups -OCH3 is 1. The molecule has 1 N–H and O–H groups in total. The van der Waals surface area contributed by atoms with Crippen molar-refractivity contribution >= 4 is 23.2 Å². The Labute approximate surface area is 201 Å². The smallest absolute Gasteiger partial charge is 0.355 e. The first-order valence-electron chi connectivity index (χ1n) is 11.1. The summed E-state index contributed by atoms with van der Waals surface area (Å²) in [6, 6.07) is 10.1. The molecule has 1 aromatic carbocycles. The van der Waals surface area contributed by atoms with Gasteiger partial charge in [0.05, 0.1) is 31.0 Å². The zero-order valence-corrected chi connectivity index (χ0v) is 19.9. The molecule has 0 unspecified atom stereocenters. The second-order valence-electron chi connectivity index (χ2n) is 8.44. The third-order valence-electron chi connectivity index (χ3n) is 6.06. The minimum atomic E-state index is -1.08. The van der Waals surface area contributed by atoms with E-state index in [1.54, 1.807) is 37.3 Å². The Balaban J connectivity index is 1.55. The molecule has 0 saturated heterocycles. The van der Waals surface area contributed by atoms with Crippen molar-refractivity contribution in [2.45, 2.75) is 44.6 Å². The first-order valence-corrected chi connectivity index (χ1v) is 11.9. The maximum absolute atomic E-state index is 13.8. The molecule has 1 saturated carbocycles. The number of carbonyl (C=O) groups is 2. The van der Waals surface area contributed by atoms with Crippen LogP contribution in [0.25, 0.3) is 0 Å². The van der Waals surface area contributed by atoms with Crippen LogP contribution in [0.2, 0.25) is 0 Å². The molecule has 0 bridgehead atoms. The average molecular weight is 484 g/mol. The number of nitrogens with zero attached hydrogens (tertiary/aromatic N) is 3. The van der Waals surface area contributed by atoms with E-state index >= 15 is 0 Å². The molecule has 1 amide bonds. The molecule has 0 atom stereocenters. The van der Waals surface area contributed by atoms with Gasteiger partial charge in [0, 0.05) is 11.4 Å². The van der Waals surface area contributed by atoms with Crippen molar-refractivity contribution in [2.24, 2.45) is 0 Å². The molecule has 178 valence electrons. The van der Waals surface area contributed by atoms with E-state index in [1.165, 1.54) is 23.5 Å². The Kier molecular flexibility index (Phi) is 6.92. The molecule has 2 aromatic heterocycles. The topological polar surface area (TPSA) is 92.6 Å². The normalized spacial score (nSPS) is 14.0. The van der Waals surface area contributed by atoms with Crippen LogP contribution in [0.4, 0.5) is 4.39 Å². The van der Waals surface area contributed by atoms with Crippen molar-refractivity contribution in [3.8, 4) is 5.75 Å². The molecule has 4 rings (SSSR count). The first kappa shape index (κ1) is 23.8. The fraction of sp³-hybridized carbons (Fsp3) is 0.360. The van der Waals surface area contributed by atoms with Crippen LogP contribution in [0.15, 0.2) is 42.6 Å². The molecule has 1 aliphatic carbocycles. The number of rotatable bonds is 10. The maximum atomic E-state index is 13.8. The molecule has 0 radical (unpaired) electrons. The van der Waals surface area contributed by atoms with Gasteiger partial charge >= 0.3 is 5.97 Å². The Morgan fingerprint density at radius 3 is 2.65 bits per heavy atom. The van der Waals surface area contributed by atoms with Gasteiger partial charge in [-0.05, 0) is 62.4 Å². The van der Waals surface area contributed by atoms with Crippen LogP contribution in [0.3, 0.4) is 0 Å². The number of thiazole rings is 1. The van der Waals surface area contributed by atoms with E-state index in [1.807, 2.05) is 12.1 Å². The summed E-state index contributed by atoms with van der Waals surface area (Å²) < 4.78 is 18.7. The average Bonchev–Trinajstić information content (AvgIpc) is 3.55. The number of benzene rings is 1. The van der Waals surface area contributed by atoms with Crippen LogP contribution in [0.5, 0.6) is 5.75 Å². The highest BCUT2D eigenvalue weighted by atomic mass is 32.1. The van der Waals surface area contributed by atoms with Crippen molar-refractivity contribution in [3.05, 3.63) is 75.2 Å². The molecule has 3 aromatic rings. The summed E-state index contributed by atoms with van der Waals surface area (Å²) >= 11 is 1.28. The first-order chi connectivity index (χ1) is 16.3. The molecule has 0 aliphatic heterocycles. The molecule has 1 aliphatic rings. The van der Waals surface area contributed by atoms with Gasteiger partial charge in [-0.3, -0.25) is 9.78 Å². The largest absolute Gasteiger partial charge is 0.495 e. The van der Waals surface area contributed by atoms with E-state index in [0.29, 0.717) is 53.6 Å². The Bertz CT molecular complexity index is 1190. The number of carboxylic acid groups (broad SMARTS) is 1. The molecule has 34 heavy (non-hydrogen) atoms. The van der Waals surface area contributed by atoms with Gasteiger partial charge < -0.3 is 14.7 Å². The number of amides is 1. The van der Waals surface area contributed by atoms with Crippen molar-refractivity contribution in [1.82, 2.24) is 14.9 Å². The van der Waals surface area contributed by atoms with Crippen molar-refractivity contribution in [3.63, 3.8) is 0 Å². The van der Waals surface area contributed by atoms with E-state index < -0.39 is 11.4 Å².